The zero-order valence-electron chi connectivity index (χ0n) is 10.5. The minimum Gasteiger partial charge on any atom is -0.243 e. The molecule has 0 saturated carbocycles. The standard InChI is InChI=1S/C13H12ClFN2O2S/c1-9(10-4-2-5-11(15)8-10)17-20(18,19)12-6-3-7-16-13(12)14/h2-9,17H,1H3. The summed E-state index contributed by atoms with van der Waals surface area (Å²) in [6.45, 7) is 1.62. The molecular formula is C13H12ClFN2O2S. The van der Waals surface area contributed by atoms with Crippen molar-refractivity contribution < 1.29 is 12.8 Å². The van der Waals surface area contributed by atoms with Crippen LogP contribution in [0.25, 0.3) is 0 Å². The zero-order valence-corrected chi connectivity index (χ0v) is 12.1. The fourth-order valence-electron chi connectivity index (χ4n) is 1.71. The van der Waals surface area contributed by atoms with Crippen LogP contribution in [-0.4, -0.2) is 13.4 Å². The number of rotatable bonds is 4. The van der Waals surface area contributed by atoms with Crippen molar-refractivity contribution in [3.8, 4) is 0 Å². The summed E-state index contributed by atoms with van der Waals surface area (Å²) in [5.41, 5.74) is 0.522. The third-order valence-electron chi connectivity index (χ3n) is 2.69. The molecular weight excluding hydrogens is 303 g/mol. The van der Waals surface area contributed by atoms with Crippen LogP contribution in [0, 0.1) is 5.82 Å². The molecule has 7 heteroatoms. The number of hydrogen-bond acceptors (Lipinski definition) is 3. The van der Waals surface area contributed by atoms with Gasteiger partial charge in [-0.15, -0.1) is 0 Å². The molecule has 1 N–H and O–H groups in total. The topological polar surface area (TPSA) is 59.1 Å². The molecule has 1 aromatic heterocycles. The van der Waals surface area contributed by atoms with Gasteiger partial charge in [0.15, 0.2) is 0 Å². The van der Waals surface area contributed by atoms with E-state index in [0.717, 1.165) is 0 Å². The largest absolute Gasteiger partial charge is 0.244 e. The van der Waals surface area contributed by atoms with Gasteiger partial charge in [-0.3, -0.25) is 0 Å². The van der Waals surface area contributed by atoms with Crippen LogP contribution >= 0.6 is 11.6 Å². The third kappa shape index (κ3) is 3.33. The van der Waals surface area contributed by atoms with E-state index in [1.54, 1.807) is 13.0 Å². The average Bonchev–Trinajstić information content (AvgIpc) is 2.38. The first-order valence-electron chi connectivity index (χ1n) is 5.78. The van der Waals surface area contributed by atoms with Crippen molar-refractivity contribution >= 4 is 21.6 Å². The van der Waals surface area contributed by atoms with Gasteiger partial charge < -0.3 is 0 Å². The minimum absolute atomic E-state index is 0.105. The Balaban J connectivity index is 2.27. The lowest BCUT2D eigenvalue weighted by Crippen LogP contribution is -2.27. The summed E-state index contributed by atoms with van der Waals surface area (Å²) >= 11 is 5.77. The normalized spacial score (nSPS) is 13.2. The van der Waals surface area contributed by atoms with Crippen molar-refractivity contribution in [3.63, 3.8) is 0 Å². The molecule has 106 valence electrons. The third-order valence-corrected chi connectivity index (χ3v) is 4.68. The van der Waals surface area contributed by atoms with Gasteiger partial charge in [-0.2, -0.15) is 0 Å². The van der Waals surface area contributed by atoms with Gasteiger partial charge in [0.1, 0.15) is 15.9 Å². The summed E-state index contributed by atoms with van der Waals surface area (Å²) in [5, 5.41) is -0.105. The first-order valence-corrected chi connectivity index (χ1v) is 7.64. The van der Waals surface area contributed by atoms with Gasteiger partial charge >= 0.3 is 0 Å². The maximum atomic E-state index is 13.1. The van der Waals surface area contributed by atoms with Crippen LogP contribution < -0.4 is 4.72 Å². The smallest absolute Gasteiger partial charge is 0.243 e. The van der Waals surface area contributed by atoms with Gasteiger partial charge in [0, 0.05) is 12.2 Å². The number of nitrogens with zero attached hydrogens (tertiary/aromatic N) is 1. The molecule has 4 nitrogen and oxygen atoms in total. The highest BCUT2D eigenvalue weighted by Gasteiger charge is 2.21. The molecule has 0 saturated heterocycles. The van der Waals surface area contributed by atoms with Gasteiger partial charge in [-0.1, -0.05) is 23.7 Å². The van der Waals surface area contributed by atoms with E-state index in [2.05, 4.69) is 9.71 Å². The second-order valence-corrected chi connectivity index (χ2v) is 6.23. The van der Waals surface area contributed by atoms with Crippen molar-refractivity contribution in [3.05, 3.63) is 59.1 Å². The quantitative estimate of drug-likeness (QED) is 0.883. The van der Waals surface area contributed by atoms with E-state index in [4.69, 9.17) is 11.6 Å². The summed E-state index contributed by atoms with van der Waals surface area (Å²) in [7, 11) is -3.82. The first-order chi connectivity index (χ1) is 9.40. The van der Waals surface area contributed by atoms with E-state index in [9.17, 15) is 12.8 Å². The number of hydrogen-bond donors (Lipinski definition) is 1. The molecule has 0 aliphatic heterocycles. The fraction of sp³-hybridized carbons (Fsp3) is 0.154. The van der Waals surface area contributed by atoms with Gasteiger partial charge in [0.05, 0.1) is 0 Å². The Hall–Kier alpha value is -1.50. The van der Waals surface area contributed by atoms with E-state index >= 15 is 0 Å². The predicted octanol–water partition coefficient (Wildman–Crippen LogP) is 2.91. The van der Waals surface area contributed by atoms with E-state index in [1.807, 2.05) is 0 Å². The Morgan fingerprint density at radius 2 is 2.05 bits per heavy atom. The number of halogens is 2. The molecule has 2 aromatic rings. The molecule has 0 aliphatic carbocycles. The van der Waals surface area contributed by atoms with Crippen molar-refractivity contribution in [2.75, 3.05) is 0 Å². The molecule has 1 aromatic carbocycles. The molecule has 1 heterocycles. The highest BCUT2D eigenvalue weighted by molar-refractivity contribution is 7.89. The van der Waals surface area contributed by atoms with Gasteiger partial charge in [-0.25, -0.2) is 22.5 Å². The highest BCUT2D eigenvalue weighted by atomic mass is 35.5. The first kappa shape index (κ1) is 14.9. The monoisotopic (exact) mass is 314 g/mol. The van der Waals surface area contributed by atoms with Gasteiger partial charge in [0.25, 0.3) is 0 Å². The number of nitrogens with one attached hydrogen (secondary N) is 1. The molecule has 0 fully saturated rings. The molecule has 2 rings (SSSR count). The number of aromatic nitrogens is 1. The SMILES string of the molecule is CC(NS(=O)(=O)c1cccnc1Cl)c1cccc(F)c1. The average molecular weight is 315 g/mol. The van der Waals surface area contributed by atoms with Gasteiger partial charge in [0.2, 0.25) is 10.0 Å². The van der Waals surface area contributed by atoms with Crippen molar-refractivity contribution in [2.45, 2.75) is 17.9 Å². The molecule has 0 amide bonds. The maximum absolute atomic E-state index is 13.1. The molecule has 0 aliphatic rings. The zero-order chi connectivity index (χ0) is 14.8. The predicted molar refractivity (Wildman–Crippen MR) is 74.4 cm³/mol. The van der Waals surface area contributed by atoms with Crippen molar-refractivity contribution in [2.24, 2.45) is 0 Å². The molecule has 1 unspecified atom stereocenters. The van der Waals surface area contributed by atoms with Crippen molar-refractivity contribution in [1.29, 1.82) is 0 Å². The Morgan fingerprint density at radius 1 is 1.30 bits per heavy atom. The van der Waals surface area contributed by atoms with Crippen LogP contribution in [-0.2, 0) is 10.0 Å². The highest BCUT2D eigenvalue weighted by Crippen LogP contribution is 2.21. The fourth-order valence-corrected chi connectivity index (χ4v) is 3.40. The Morgan fingerprint density at radius 3 is 2.70 bits per heavy atom. The van der Waals surface area contributed by atoms with E-state index in [-0.39, 0.29) is 10.0 Å². The van der Waals surface area contributed by atoms with E-state index in [0.29, 0.717) is 5.56 Å². The van der Waals surface area contributed by atoms with E-state index in [1.165, 1.54) is 36.5 Å². The van der Waals surface area contributed by atoms with Crippen LogP contribution in [0.4, 0.5) is 4.39 Å². The molecule has 1 atom stereocenters. The summed E-state index contributed by atoms with van der Waals surface area (Å²) in [6.07, 6.45) is 1.40. The maximum Gasteiger partial charge on any atom is 0.244 e. The van der Waals surface area contributed by atoms with Crippen LogP contribution in [0.3, 0.4) is 0 Å². The second-order valence-electron chi connectivity index (χ2n) is 4.19. The molecule has 0 spiro atoms. The lowest BCUT2D eigenvalue weighted by molar-refractivity contribution is 0.564. The number of sulfonamides is 1. The van der Waals surface area contributed by atoms with Crippen LogP contribution in [0.5, 0.6) is 0 Å². The van der Waals surface area contributed by atoms with Crippen LogP contribution in [0.2, 0.25) is 5.15 Å². The lowest BCUT2D eigenvalue weighted by Gasteiger charge is -2.15. The summed E-state index contributed by atoms with van der Waals surface area (Å²) in [6, 6.07) is 7.98. The van der Waals surface area contributed by atoms with Crippen LogP contribution in [0.15, 0.2) is 47.5 Å². The van der Waals surface area contributed by atoms with E-state index < -0.39 is 21.9 Å². The Kier molecular flexibility index (Phi) is 4.37. The van der Waals surface area contributed by atoms with Crippen molar-refractivity contribution in [1.82, 2.24) is 9.71 Å². The molecule has 20 heavy (non-hydrogen) atoms. The molecule has 0 bridgehead atoms. The summed E-state index contributed by atoms with van der Waals surface area (Å²) in [5.74, 6) is -0.423. The minimum atomic E-state index is -3.82. The summed E-state index contributed by atoms with van der Waals surface area (Å²) in [4.78, 5) is 3.62. The Bertz CT molecular complexity index is 722. The molecule has 0 radical (unpaired) electrons. The second kappa shape index (κ2) is 5.87. The lowest BCUT2D eigenvalue weighted by atomic mass is 10.1. The van der Waals surface area contributed by atoms with Crippen LogP contribution in [0.1, 0.15) is 18.5 Å². The Labute approximate surface area is 121 Å². The summed E-state index contributed by atoms with van der Waals surface area (Å²) < 4.78 is 40.0. The number of benzene rings is 1. The van der Waals surface area contributed by atoms with Gasteiger partial charge in [-0.05, 0) is 36.8 Å². The number of pyridine rings is 1.